The lowest BCUT2D eigenvalue weighted by Crippen LogP contribution is -2.11. The monoisotopic (exact) mass is 200 g/mol. The van der Waals surface area contributed by atoms with Crippen molar-refractivity contribution in [1.29, 1.82) is 0 Å². The van der Waals surface area contributed by atoms with Crippen LogP contribution in [0.25, 0.3) is 0 Å². The molecule has 0 heterocycles. The van der Waals surface area contributed by atoms with E-state index in [1.807, 2.05) is 34.6 Å². The summed E-state index contributed by atoms with van der Waals surface area (Å²) >= 11 is 0. The van der Waals surface area contributed by atoms with Crippen molar-refractivity contribution in [2.24, 2.45) is 0 Å². The number of hydrogen-bond donors (Lipinski definition) is 0. The zero-order valence-electron chi connectivity index (χ0n) is 9.49. The Balaban J connectivity index is 0.000000791. The molecule has 2 heteroatoms. The first kappa shape index (κ1) is 13.1. The number of benzene rings is 1. The average Bonchev–Trinajstić information content (AvgIpc) is 2.11. The molecule has 0 amide bonds. The average molecular weight is 200 g/mol. The van der Waals surface area contributed by atoms with E-state index in [0.717, 1.165) is 11.6 Å². The summed E-state index contributed by atoms with van der Waals surface area (Å²) in [5, 5.41) is 0. The third-order valence-corrected chi connectivity index (χ3v) is 1.79. The van der Waals surface area contributed by atoms with E-state index in [2.05, 4.69) is 0 Å². The lowest BCUT2D eigenvalue weighted by atomic mass is 9.87. The maximum atomic E-state index is 12.7. The summed E-state index contributed by atoms with van der Waals surface area (Å²) < 4.78 is 25.2. The van der Waals surface area contributed by atoms with E-state index < -0.39 is 11.6 Å². The molecule has 0 aliphatic rings. The largest absolute Gasteiger partial charge is 0.204 e. The van der Waals surface area contributed by atoms with Gasteiger partial charge in [0.05, 0.1) is 0 Å². The van der Waals surface area contributed by atoms with E-state index in [1.54, 1.807) is 6.07 Å². The van der Waals surface area contributed by atoms with Crippen molar-refractivity contribution in [2.75, 3.05) is 0 Å². The van der Waals surface area contributed by atoms with Gasteiger partial charge < -0.3 is 0 Å². The Hall–Kier alpha value is -0.920. The smallest absolute Gasteiger partial charge is 0.159 e. The highest BCUT2D eigenvalue weighted by molar-refractivity contribution is 5.24. The molecule has 0 saturated carbocycles. The van der Waals surface area contributed by atoms with Gasteiger partial charge in [-0.15, -0.1) is 0 Å². The van der Waals surface area contributed by atoms with Gasteiger partial charge in [0.25, 0.3) is 0 Å². The van der Waals surface area contributed by atoms with Crippen LogP contribution in [0.15, 0.2) is 18.2 Å². The van der Waals surface area contributed by atoms with Gasteiger partial charge in [0.15, 0.2) is 11.6 Å². The van der Waals surface area contributed by atoms with Crippen LogP contribution in [0.1, 0.15) is 40.2 Å². The molecule has 1 rings (SSSR count). The van der Waals surface area contributed by atoms with Gasteiger partial charge in [-0.2, -0.15) is 0 Å². The van der Waals surface area contributed by atoms with Crippen LogP contribution in [0, 0.1) is 11.6 Å². The second kappa shape index (κ2) is 5.08. The van der Waals surface area contributed by atoms with Crippen molar-refractivity contribution in [3.05, 3.63) is 35.4 Å². The Morgan fingerprint density at radius 1 is 0.929 bits per heavy atom. The first-order chi connectivity index (χ1) is 6.41. The zero-order chi connectivity index (χ0) is 11.4. The molecule has 0 saturated heterocycles. The molecule has 0 aromatic heterocycles. The Bertz CT molecular complexity index is 285. The molecule has 0 fully saturated rings. The minimum atomic E-state index is -0.789. The summed E-state index contributed by atoms with van der Waals surface area (Å²) in [6, 6.07) is 4.02. The molecular formula is C12H18F2. The van der Waals surface area contributed by atoms with Crippen molar-refractivity contribution in [3.8, 4) is 0 Å². The van der Waals surface area contributed by atoms with E-state index in [0.29, 0.717) is 0 Å². The molecule has 0 nitrogen and oxygen atoms in total. The highest BCUT2D eigenvalue weighted by Crippen LogP contribution is 2.23. The van der Waals surface area contributed by atoms with Crippen LogP contribution in [-0.2, 0) is 5.41 Å². The lowest BCUT2D eigenvalue weighted by molar-refractivity contribution is 0.499. The van der Waals surface area contributed by atoms with Gasteiger partial charge in [-0.1, -0.05) is 40.7 Å². The topological polar surface area (TPSA) is 0 Å². The van der Waals surface area contributed by atoms with Crippen molar-refractivity contribution in [3.63, 3.8) is 0 Å². The summed E-state index contributed by atoms with van der Waals surface area (Å²) in [6.45, 7) is 9.87. The first-order valence-corrected chi connectivity index (χ1v) is 4.87. The fourth-order valence-corrected chi connectivity index (χ4v) is 0.963. The Kier molecular flexibility index (Phi) is 4.75. The summed E-state index contributed by atoms with van der Waals surface area (Å²) in [4.78, 5) is 0. The summed E-state index contributed by atoms with van der Waals surface area (Å²) in [5.74, 6) is -1.56. The maximum absolute atomic E-state index is 12.7. The van der Waals surface area contributed by atoms with Gasteiger partial charge in [-0.25, -0.2) is 8.78 Å². The van der Waals surface area contributed by atoms with E-state index in [9.17, 15) is 8.78 Å². The second-order valence-electron chi connectivity index (χ2n) is 3.88. The molecule has 0 bridgehead atoms. The lowest BCUT2D eigenvalue weighted by Gasteiger charge is -2.18. The van der Waals surface area contributed by atoms with Gasteiger partial charge in [0, 0.05) is 0 Å². The first-order valence-electron chi connectivity index (χ1n) is 4.87. The molecule has 1 aromatic carbocycles. The normalized spacial score (nSPS) is 10.5. The minimum absolute atomic E-state index is 0.130. The number of hydrogen-bond acceptors (Lipinski definition) is 0. The predicted octanol–water partition coefficient (Wildman–Crippen LogP) is 4.29. The molecule has 0 aliphatic heterocycles. The molecule has 0 radical (unpaired) electrons. The quantitative estimate of drug-likeness (QED) is 0.586. The van der Waals surface area contributed by atoms with Gasteiger partial charge >= 0.3 is 0 Å². The minimum Gasteiger partial charge on any atom is -0.204 e. The molecular weight excluding hydrogens is 182 g/mol. The van der Waals surface area contributed by atoms with E-state index in [1.165, 1.54) is 6.07 Å². The standard InChI is InChI=1S/C10H12F2.C2H6/c1-10(2,3)7-4-5-8(11)9(12)6-7;1-2/h4-6H,1-3H3;1-2H3. The van der Waals surface area contributed by atoms with Crippen molar-refractivity contribution >= 4 is 0 Å². The summed E-state index contributed by atoms with van der Waals surface area (Å²) in [7, 11) is 0. The van der Waals surface area contributed by atoms with Crippen LogP contribution < -0.4 is 0 Å². The van der Waals surface area contributed by atoms with Crippen LogP contribution >= 0.6 is 0 Å². The Labute approximate surface area is 85.0 Å². The van der Waals surface area contributed by atoms with Gasteiger partial charge in [0.2, 0.25) is 0 Å². The fraction of sp³-hybridized carbons (Fsp3) is 0.500. The molecule has 1 aromatic rings. The summed E-state index contributed by atoms with van der Waals surface area (Å²) in [5.41, 5.74) is 0.676. The Morgan fingerprint density at radius 2 is 1.43 bits per heavy atom. The highest BCUT2D eigenvalue weighted by Gasteiger charge is 2.15. The third kappa shape index (κ3) is 3.44. The molecule has 14 heavy (non-hydrogen) atoms. The second-order valence-corrected chi connectivity index (χ2v) is 3.88. The van der Waals surface area contributed by atoms with E-state index in [-0.39, 0.29) is 5.41 Å². The molecule has 0 N–H and O–H groups in total. The zero-order valence-corrected chi connectivity index (χ0v) is 9.49. The maximum Gasteiger partial charge on any atom is 0.159 e. The van der Waals surface area contributed by atoms with Gasteiger partial charge in [0.1, 0.15) is 0 Å². The van der Waals surface area contributed by atoms with Crippen LogP contribution in [0.2, 0.25) is 0 Å². The Morgan fingerprint density at radius 3 is 1.79 bits per heavy atom. The molecule has 0 aliphatic carbocycles. The highest BCUT2D eigenvalue weighted by atomic mass is 19.2. The third-order valence-electron chi connectivity index (χ3n) is 1.79. The van der Waals surface area contributed by atoms with Crippen LogP contribution in [-0.4, -0.2) is 0 Å². The number of rotatable bonds is 0. The summed E-state index contributed by atoms with van der Waals surface area (Å²) in [6.07, 6.45) is 0. The van der Waals surface area contributed by atoms with E-state index in [4.69, 9.17) is 0 Å². The molecule has 0 atom stereocenters. The molecule has 0 unspecified atom stereocenters. The van der Waals surface area contributed by atoms with Gasteiger partial charge in [-0.05, 0) is 23.1 Å². The van der Waals surface area contributed by atoms with Crippen molar-refractivity contribution in [1.82, 2.24) is 0 Å². The van der Waals surface area contributed by atoms with E-state index >= 15 is 0 Å². The van der Waals surface area contributed by atoms with Crippen LogP contribution in [0.3, 0.4) is 0 Å². The van der Waals surface area contributed by atoms with Crippen molar-refractivity contribution in [2.45, 2.75) is 40.0 Å². The predicted molar refractivity (Wildman–Crippen MR) is 56.4 cm³/mol. The van der Waals surface area contributed by atoms with Gasteiger partial charge in [-0.3, -0.25) is 0 Å². The molecule has 0 spiro atoms. The van der Waals surface area contributed by atoms with Crippen LogP contribution in [0.4, 0.5) is 8.78 Å². The SMILES string of the molecule is CC.CC(C)(C)c1ccc(F)c(F)c1. The number of halogens is 2. The van der Waals surface area contributed by atoms with Crippen molar-refractivity contribution < 1.29 is 8.78 Å². The van der Waals surface area contributed by atoms with Crippen LogP contribution in [0.5, 0.6) is 0 Å². The molecule has 80 valence electrons. The fourth-order valence-electron chi connectivity index (χ4n) is 0.963.